The summed E-state index contributed by atoms with van der Waals surface area (Å²) < 4.78 is 5.48. The summed E-state index contributed by atoms with van der Waals surface area (Å²) >= 11 is 0. The predicted molar refractivity (Wildman–Crippen MR) is 49.2 cm³/mol. The number of hydrogen-bond donors (Lipinski definition) is 1. The molecule has 0 radical (unpaired) electrons. The van der Waals surface area contributed by atoms with Crippen LogP contribution in [0.1, 0.15) is 19.4 Å². The van der Waals surface area contributed by atoms with Gasteiger partial charge in [0.2, 0.25) is 0 Å². The fourth-order valence-corrected chi connectivity index (χ4v) is 0.894. The van der Waals surface area contributed by atoms with Gasteiger partial charge in [-0.3, -0.25) is 4.98 Å². The van der Waals surface area contributed by atoms with Gasteiger partial charge < -0.3 is 10.5 Å². The van der Waals surface area contributed by atoms with Gasteiger partial charge in [0.15, 0.2) is 0 Å². The van der Waals surface area contributed by atoms with Crippen molar-refractivity contribution in [1.29, 1.82) is 0 Å². The third-order valence-corrected chi connectivity index (χ3v) is 1.57. The Morgan fingerprint density at radius 2 is 2.08 bits per heavy atom. The average Bonchev–Trinajstić information content (AvgIpc) is 1.98. The van der Waals surface area contributed by atoms with Crippen LogP contribution in [0.2, 0.25) is 0 Å². The van der Waals surface area contributed by atoms with Gasteiger partial charge in [0, 0.05) is 5.56 Å². The van der Waals surface area contributed by atoms with Gasteiger partial charge in [-0.1, -0.05) is 0 Å². The van der Waals surface area contributed by atoms with Gasteiger partial charge in [-0.15, -0.1) is 0 Å². The second-order valence-electron chi connectivity index (χ2n) is 3.02. The van der Waals surface area contributed by atoms with Crippen molar-refractivity contribution in [2.75, 3.05) is 5.73 Å². The van der Waals surface area contributed by atoms with Gasteiger partial charge in [-0.2, -0.15) is 0 Å². The Hall–Kier alpha value is -1.25. The quantitative estimate of drug-likeness (QED) is 0.728. The fraction of sp³-hybridized carbons (Fsp3) is 0.444. The maximum atomic E-state index is 5.65. The highest BCUT2D eigenvalue weighted by Gasteiger charge is 2.04. The highest BCUT2D eigenvalue weighted by molar-refractivity contribution is 5.50. The largest absolute Gasteiger partial charge is 0.489 e. The van der Waals surface area contributed by atoms with Gasteiger partial charge in [-0.05, 0) is 20.8 Å². The van der Waals surface area contributed by atoms with E-state index >= 15 is 0 Å². The van der Waals surface area contributed by atoms with E-state index in [1.54, 1.807) is 12.4 Å². The first-order chi connectivity index (χ1) is 5.61. The lowest BCUT2D eigenvalue weighted by atomic mass is 10.2. The number of nitrogen functional groups attached to an aromatic ring is 1. The van der Waals surface area contributed by atoms with E-state index in [1.807, 2.05) is 20.8 Å². The average molecular weight is 166 g/mol. The Balaban J connectivity index is 2.92. The molecule has 0 aliphatic rings. The maximum Gasteiger partial charge on any atom is 0.142 e. The maximum absolute atomic E-state index is 5.65. The molecule has 1 rings (SSSR count). The second-order valence-corrected chi connectivity index (χ2v) is 3.02. The van der Waals surface area contributed by atoms with Crippen LogP contribution in [0.15, 0.2) is 12.4 Å². The van der Waals surface area contributed by atoms with Crippen molar-refractivity contribution < 1.29 is 4.74 Å². The van der Waals surface area contributed by atoms with Crippen LogP contribution in [0.5, 0.6) is 5.75 Å². The minimum Gasteiger partial charge on any atom is -0.489 e. The molecule has 0 aliphatic carbocycles. The van der Waals surface area contributed by atoms with Crippen LogP contribution in [0.25, 0.3) is 0 Å². The molecule has 0 saturated heterocycles. The number of ether oxygens (including phenoxy) is 1. The molecule has 0 unspecified atom stereocenters. The molecule has 1 aromatic heterocycles. The molecule has 0 aromatic carbocycles. The summed E-state index contributed by atoms with van der Waals surface area (Å²) in [6, 6.07) is 0. The fourth-order valence-electron chi connectivity index (χ4n) is 0.894. The third-order valence-electron chi connectivity index (χ3n) is 1.57. The van der Waals surface area contributed by atoms with Crippen LogP contribution in [0, 0.1) is 6.92 Å². The lowest BCUT2D eigenvalue weighted by Gasteiger charge is -2.12. The Kier molecular flexibility index (Phi) is 2.53. The molecule has 1 heterocycles. The molecule has 0 aliphatic heterocycles. The number of rotatable bonds is 2. The minimum atomic E-state index is 0.160. The first-order valence-corrected chi connectivity index (χ1v) is 3.98. The Morgan fingerprint density at radius 1 is 1.42 bits per heavy atom. The van der Waals surface area contributed by atoms with E-state index in [9.17, 15) is 0 Å². The Bertz CT molecular complexity index is 271. The van der Waals surface area contributed by atoms with Gasteiger partial charge in [0.1, 0.15) is 5.75 Å². The molecule has 3 nitrogen and oxygen atoms in total. The SMILES string of the molecule is Cc1c(N)cncc1OC(C)C. The summed E-state index contributed by atoms with van der Waals surface area (Å²) in [5.41, 5.74) is 7.29. The molecule has 66 valence electrons. The highest BCUT2D eigenvalue weighted by Crippen LogP contribution is 2.21. The summed E-state index contributed by atoms with van der Waals surface area (Å²) in [7, 11) is 0. The molecule has 0 amide bonds. The number of anilines is 1. The zero-order valence-electron chi connectivity index (χ0n) is 7.66. The molecule has 1 aromatic rings. The van der Waals surface area contributed by atoms with E-state index in [1.165, 1.54) is 0 Å². The van der Waals surface area contributed by atoms with Crippen molar-refractivity contribution in [1.82, 2.24) is 4.98 Å². The van der Waals surface area contributed by atoms with Gasteiger partial charge in [0.25, 0.3) is 0 Å². The monoisotopic (exact) mass is 166 g/mol. The molecule has 0 atom stereocenters. The number of aromatic nitrogens is 1. The predicted octanol–water partition coefficient (Wildman–Crippen LogP) is 1.76. The molecule has 0 saturated carbocycles. The number of hydrogen-bond acceptors (Lipinski definition) is 3. The van der Waals surface area contributed by atoms with E-state index in [2.05, 4.69) is 4.98 Å². The van der Waals surface area contributed by atoms with Crippen LogP contribution < -0.4 is 10.5 Å². The smallest absolute Gasteiger partial charge is 0.142 e. The molecular formula is C9H14N2O. The molecule has 0 fully saturated rings. The lowest BCUT2D eigenvalue weighted by Crippen LogP contribution is -2.07. The van der Waals surface area contributed by atoms with Crippen LogP contribution in [0.3, 0.4) is 0 Å². The molecule has 2 N–H and O–H groups in total. The molecule has 0 bridgehead atoms. The van der Waals surface area contributed by atoms with Gasteiger partial charge in [0.05, 0.1) is 24.2 Å². The highest BCUT2D eigenvalue weighted by atomic mass is 16.5. The molecule has 12 heavy (non-hydrogen) atoms. The minimum absolute atomic E-state index is 0.160. The van der Waals surface area contributed by atoms with Crippen molar-refractivity contribution in [3.8, 4) is 5.75 Å². The first kappa shape index (κ1) is 8.84. The summed E-state index contributed by atoms with van der Waals surface area (Å²) in [4.78, 5) is 3.95. The number of pyridine rings is 1. The van der Waals surface area contributed by atoms with E-state index < -0.39 is 0 Å². The Morgan fingerprint density at radius 3 is 2.67 bits per heavy atom. The van der Waals surface area contributed by atoms with Crippen molar-refractivity contribution in [2.45, 2.75) is 26.9 Å². The van der Waals surface area contributed by atoms with Crippen LogP contribution in [0.4, 0.5) is 5.69 Å². The van der Waals surface area contributed by atoms with Crippen molar-refractivity contribution in [3.05, 3.63) is 18.0 Å². The zero-order valence-corrected chi connectivity index (χ0v) is 7.66. The van der Waals surface area contributed by atoms with Crippen LogP contribution in [-0.2, 0) is 0 Å². The summed E-state index contributed by atoms with van der Waals surface area (Å²) in [5.74, 6) is 0.769. The second kappa shape index (κ2) is 3.43. The standard InChI is InChI=1S/C9H14N2O/c1-6(2)12-9-5-11-4-8(10)7(9)3/h4-6H,10H2,1-3H3. The molecular weight excluding hydrogens is 152 g/mol. The lowest BCUT2D eigenvalue weighted by molar-refractivity contribution is 0.240. The summed E-state index contributed by atoms with van der Waals surface area (Å²) in [6.45, 7) is 5.87. The van der Waals surface area contributed by atoms with Crippen molar-refractivity contribution in [3.63, 3.8) is 0 Å². The molecule has 3 heteroatoms. The number of nitrogens with two attached hydrogens (primary N) is 1. The summed E-state index contributed by atoms with van der Waals surface area (Å²) in [6.07, 6.45) is 3.47. The zero-order chi connectivity index (χ0) is 9.14. The van der Waals surface area contributed by atoms with Crippen LogP contribution in [-0.4, -0.2) is 11.1 Å². The van der Waals surface area contributed by atoms with E-state index in [0.29, 0.717) is 5.69 Å². The van der Waals surface area contributed by atoms with Crippen molar-refractivity contribution in [2.24, 2.45) is 0 Å². The van der Waals surface area contributed by atoms with E-state index in [0.717, 1.165) is 11.3 Å². The first-order valence-electron chi connectivity index (χ1n) is 3.98. The van der Waals surface area contributed by atoms with Crippen molar-refractivity contribution >= 4 is 5.69 Å². The third kappa shape index (κ3) is 1.87. The van der Waals surface area contributed by atoms with Gasteiger partial charge in [-0.25, -0.2) is 0 Å². The molecule has 0 spiro atoms. The normalized spacial score (nSPS) is 10.3. The van der Waals surface area contributed by atoms with E-state index in [4.69, 9.17) is 10.5 Å². The topological polar surface area (TPSA) is 48.1 Å². The van der Waals surface area contributed by atoms with Gasteiger partial charge >= 0.3 is 0 Å². The number of nitrogens with zero attached hydrogens (tertiary/aromatic N) is 1. The van der Waals surface area contributed by atoms with E-state index in [-0.39, 0.29) is 6.10 Å². The summed E-state index contributed by atoms with van der Waals surface area (Å²) in [5, 5.41) is 0. The van der Waals surface area contributed by atoms with Crippen LogP contribution >= 0.6 is 0 Å². The Labute approximate surface area is 72.6 Å².